The maximum Gasteiger partial charge on any atom is 0.416 e. The lowest BCUT2D eigenvalue weighted by molar-refractivity contribution is -0.138. The Morgan fingerprint density at radius 3 is 2.84 bits per heavy atom. The second-order valence-corrected chi connectivity index (χ2v) is 8.06. The summed E-state index contributed by atoms with van der Waals surface area (Å²) in [6.45, 7) is 1.77. The van der Waals surface area contributed by atoms with Gasteiger partial charge in [0.05, 0.1) is 24.5 Å². The van der Waals surface area contributed by atoms with E-state index in [9.17, 15) is 18.0 Å². The first kappa shape index (κ1) is 21.7. The fourth-order valence-electron chi connectivity index (χ4n) is 3.32. The lowest BCUT2D eigenvalue weighted by Gasteiger charge is -2.29. The Morgan fingerprint density at radius 1 is 1.32 bits per heavy atom. The van der Waals surface area contributed by atoms with E-state index in [-0.39, 0.29) is 17.3 Å². The number of aromatic nitrogens is 2. The zero-order valence-corrected chi connectivity index (χ0v) is 17.7. The number of alkyl halides is 3. The molecule has 1 aromatic carbocycles. The third-order valence-corrected chi connectivity index (χ3v) is 5.91. The number of morpholine rings is 1. The number of carbonyl (C=O) groups is 1. The highest BCUT2D eigenvalue weighted by atomic mass is 35.5. The molecule has 1 saturated heterocycles. The number of hydrogen-bond donors (Lipinski definition) is 1. The molecule has 2 aromatic heterocycles. The summed E-state index contributed by atoms with van der Waals surface area (Å²) >= 11 is 7.47. The molecule has 1 aliphatic heterocycles. The third-order valence-electron chi connectivity index (χ3n) is 4.87. The van der Waals surface area contributed by atoms with Gasteiger partial charge in [-0.2, -0.15) is 13.2 Å². The number of nitrogens with zero attached hydrogens (tertiary/aromatic N) is 3. The van der Waals surface area contributed by atoms with Gasteiger partial charge in [-0.15, -0.1) is 11.3 Å². The van der Waals surface area contributed by atoms with Gasteiger partial charge in [-0.1, -0.05) is 17.7 Å². The van der Waals surface area contributed by atoms with Crippen molar-refractivity contribution in [3.8, 4) is 0 Å². The number of halogens is 4. The predicted octanol–water partition coefficient (Wildman–Crippen LogP) is 4.23. The highest BCUT2D eigenvalue weighted by molar-refractivity contribution is 7.15. The number of nitrogens with one attached hydrogen (secondary N) is 1. The van der Waals surface area contributed by atoms with Gasteiger partial charge in [-0.3, -0.25) is 9.20 Å². The molecular formula is C20H18ClF3N4O2S. The van der Waals surface area contributed by atoms with E-state index in [4.69, 9.17) is 16.3 Å². The van der Waals surface area contributed by atoms with E-state index in [1.165, 1.54) is 29.6 Å². The number of amides is 1. The van der Waals surface area contributed by atoms with E-state index in [0.717, 1.165) is 6.07 Å². The molecule has 1 N–H and O–H groups in total. The minimum absolute atomic E-state index is 0.00568. The standard InChI is InChI=1S/C20H18ClF3N4O2S/c21-18-16(28-7-10-31-19(28)26-18)3-4-17(29)25-12-13-1-2-14(11-15(13)20(22,23)24)27-5-8-30-9-6-27/h1-4,7,10-11H,5-6,8-9,12H2,(H,25,29)/b4-3+. The number of carbonyl (C=O) groups excluding carboxylic acids is 1. The lowest BCUT2D eigenvalue weighted by atomic mass is 10.0. The average Bonchev–Trinajstić information content (AvgIpc) is 3.31. The van der Waals surface area contributed by atoms with E-state index in [1.807, 2.05) is 10.3 Å². The van der Waals surface area contributed by atoms with E-state index in [2.05, 4.69) is 10.3 Å². The van der Waals surface area contributed by atoms with Crippen molar-refractivity contribution in [3.05, 3.63) is 57.8 Å². The minimum atomic E-state index is -4.53. The van der Waals surface area contributed by atoms with E-state index in [1.54, 1.807) is 16.7 Å². The molecule has 11 heteroatoms. The molecule has 0 atom stereocenters. The molecule has 0 spiro atoms. The largest absolute Gasteiger partial charge is 0.416 e. The van der Waals surface area contributed by atoms with Crippen LogP contribution in [0.2, 0.25) is 5.15 Å². The van der Waals surface area contributed by atoms with Crippen molar-refractivity contribution in [2.24, 2.45) is 0 Å². The summed E-state index contributed by atoms with van der Waals surface area (Å²) in [4.78, 5) is 18.9. The molecule has 3 heterocycles. The zero-order chi connectivity index (χ0) is 22.0. The van der Waals surface area contributed by atoms with Crippen molar-refractivity contribution in [2.45, 2.75) is 12.7 Å². The van der Waals surface area contributed by atoms with Crippen LogP contribution in [0, 0.1) is 0 Å². The predicted molar refractivity (Wildman–Crippen MR) is 113 cm³/mol. The van der Waals surface area contributed by atoms with Crippen LogP contribution in [-0.2, 0) is 22.3 Å². The van der Waals surface area contributed by atoms with Gasteiger partial charge >= 0.3 is 6.18 Å². The molecule has 164 valence electrons. The summed E-state index contributed by atoms with van der Waals surface area (Å²) in [7, 11) is 0. The molecule has 0 unspecified atom stereocenters. The second kappa shape index (κ2) is 8.89. The van der Waals surface area contributed by atoms with Crippen molar-refractivity contribution in [1.29, 1.82) is 0 Å². The molecule has 3 aromatic rings. The molecule has 1 amide bonds. The fourth-order valence-corrected chi connectivity index (χ4v) is 4.33. The molecule has 1 fully saturated rings. The van der Waals surface area contributed by atoms with Gasteiger partial charge in [0.2, 0.25) is 5.91 Å². The average molecular weight is 471 g/mol. The molecule has 6 nitrogen and oxygen atoms in total. The normalized spacial score (nSPS) is 15.2. The number of hydrogen-bond acceptors (Lipinski definition) is 5. The Balaban J connectivity index is 1.47. The molecule has 0 saturated carbocycles. The van der Waals surface area contributed by atoms with Crippen LogP contribution in [0.25, 0.3) is 11.0 Å². The van der Waals surface area contributed by atoms with Crippen LogP contribution in [-0.4, -0.2) is 41.6 Å². The Hall–Kier alpha value is -2.56. The smallest absolute Gasteiger partial charge is 0.378 e. The Morgan fingerprint density at radius 2 is 2.10 bits per heavy atom. The van der Waals surface area contributed by atoms with Gasteiger partial charge in [-0.25, -0.2) is 4.98 Å². The van der Waals surface area contributed by atoms with Crippen LogP contribution in [0.5, 0.6) is 0 Å². The van der Waals surface area contributed by atoms with E-state index in [0.29, 0.717) is 42.6 Å². The zero-order valence-electron chi connectivity index (χ0n) is 16.2. The van der Waals surface area contributed by atoms with Crippen LogP contribution in [0.3, 0.4) is 0 Å². The SMILES string of the molecule is O=C(/C=C/c1c(Cl)nc2sccn12)NCc1ccc(N2CCOCC2)cc1C(F)(F)F. The fraction of sp³-hybridized carbons (Fsp3) is 0.300. The monoisotopic (exact) mass is 470 g/mol. The van der Waals surface area contributed by atoms with Crippen molar-refractivity contribution in [1.82, 2.24) is 14.7 Å². The highest BCUT2D eigenvalue weighted by Gasteiger charge is 2.34. The number of thiazole rings is 1. The van der Waals surface area contributed by atoms with Crippen molar-refractivity contribution >= 4 is 45.6 Å². The van der Waals surface area contributed by atoms with Gasteiger partial charge in [0.15, 0.2) is 10.1 Å². The summed E-state index contributed by atoms with van der Waals surface area (Å²) in [5.41, 5.74) is 0.244. The topological polar surface area (TPSA) is 58.9 Å². The van der Waals surface area contributed by atoms with Gasteiger partial charge in [0, 0.05) is 43.0 Å². The van der Waals surface area contributed by atoms with Crippen LogP contribution < -0.4 is 10.2 Å². The second-order valence-electron chi connectivity index (χ2n) is 6.83. The summed E-state index contributed by atoms with van der Waals surface area (Å²) in [6, 6.07) is 4.17. The first-order valence-electron chi connectivity index (χ1n) is 9.43. The Bertz CT molecular complexity index is 1120. The summed E-state index contributed by atoms with van der Waals surface area (Å²) in [5.74, 6) is -0.536. The van der Waals surface area contributed by atoms with Gasteiger partial charge in [0.25, 0.3) is 0 Å². The molecule has 4 rings (SSSR count). The Kier molecular flexibility index (Phi) is 6.22. The summed E-state index contributed by atoms with van der Waals surface area (Å²) < 4.78 is 47.8. The van der Waals surface area contributed by atoms with E-state index < -0.39 is 17.6 Å². The van der Waals surface area contributed by atoms with Crippen LogP contribution in [0.4, 0.5) is 18.9 Å². The number of imidazole rings is 1. The summed E-state index contributed by atoms with van der Waals surface area (Å²) in [6.07, 6.45) is -0.0606. The van der Waals surface area contributed by atoms with Crippen LogP contribution >= 0.6 is 22.9 Å². The minimum Gasteiger partial charge on any atom is -0.378 e. The van der Waals surface area contributed by atoms with Gasteiger partial charge < -0.3 is 15.0 Å². The first-order valence-corrected chi connectivity index (χ1v) is 10.7. The molecule has 0 radical (unpaired) electrons. The number of anilines is 1. The molecule has 0 aliphatic carbocycles. The maximum atomic E-state index is 13.6. The highest BCUT2D eigenvalue weighted by Crippen LogP contribution is 2.35. The third kappa shape index (κ3) is 4.86. The number of fused-ring (bicyclic) bond motifs is 1. The molecule has 1 aliphatic rings. The number of rotatable bonds is 5. The van der Waals surface area contributed by atoms with E-state index >= 15 is 0 Å². The lowest BCUT2D eigenvalue weighted by Crippen LogP contribution is -2.36. The molecule has 31 heavy (non-hydrogen) atoms. The van der Waals surface area contributed by atoms with Crippen molar-refractivity contribution in [2.75, 3.05) is 31.2 Å². The number of benzene rings is 1. The summed E-state index contributed by atoms with van der Waals surface area (Å²) in [5, 5.41) is 4.58. The van der Waals surface area contributed by atoms with Gasteiger partial charge in [-0.05, 0) is 23.8 Å². The van der Waals surface area contributed by atoms with Gasteiger partial charge in [0.1, 0.15) is 0 Å². The quantitative estimate of drug-likeness (QED) is 0.567. The van der Waals surface area contributed by atoms with Crippen LogP contribution in [0.1, 0.15) is 16.8 Å². The Labute approximate surface area is 184 Å². The molecular weight excluding hydrogens is 453 g/mol. The van der Waals surface area contributed by atoms with Crippen molar-refractivity contribution in [3.63, 3.8) is 0 Å². The van der Waals surface area contributed by atoms with Crippen molar-refractivity contribution < 1.29 is 22.7 Å². The van der Waals surface area contributed by atoms with Crippen LogP contribution in [0.15, 0.2) is 35.9 Å². The first-order chi connectivity index (χ1) is 14.8. The molecule has 0 bridgehead atoms. The maximum absolute atomic E-state index is 13.6. The number of ether oxygens (including phenoxy) is 1.